The van der Waals surface area contributed by atoms with Crippen molar-refractivity contribution in [2.24, 2.45) is 40.4 Å². The van der Waals surface area contributed by atoms with Gasteiger partial charge in [-0.3, -0.25) is 0 Å². The predicted molar refractivity (Wildman–Crippen MR) is 121 cm³/mol. The van der Waals surface area contributed by atoms with Gasteiger partial charge in [0, 0.05) is 5.02 Å². The molecule has 0 N–H and O–H groups in total. The van der Waals surface area contributed by atoms with E-state index in [1.54, 1.807) is 0 Å². The van der Waals surface area contributed by atoms with E-state index in [2.05, 4.69) is 20.8 Å². The van der Waals surface area contributed by atoms with E-state index < -0.39 is 0 Å². The van der Waals surface area contributed by atoms with Crippen molar-refractivity contribution in [2.75, 3.05) is 0 Å². The molecule has 29 heavy (non-hydrogen) atoms. The molecule has 7 atom stereocenters. The molecule has 2 heteroatoms. The predicted octanol–water partition coefficient (Wildman–Crippen LogP) is 8.16. The number of hydrogen-bond acceptors (Lipinski definition) is 1. The molecule has 0 aliphatic heterocycles. The molecule has 0 bridgehead atoms. The molecule has 4 aliphatic rings. The van der Waals surface area contributed by atoms with E-state index in [9.17, 15) is 0 Å². The van der Waals surface area contributed by atoms with Crippen LogP contribution in [0.1, 0.15) is 85.0 Å². The van der Waals surface area contributed by atoms with Gasteiger partial charge < -0.3 is 4.74 Å². The van der Waals surface area contributed by atoms with E-state index in [0.29, 0.717) is 16.9 Å². The second-order valence-corrected chi connectivity index (χ2v) is 11.9. The molecule has 0 amide bonds. The zero-order valence-electron chi connectivity index (χ0n) is 18.6. The summed E-state index contributed by atoms with van der Waals surface area (Å²) in [5, 5.41) is 0.788. The molecule has 0 heterocycles. The van der Waals surface area contributed by atoms with Crippen molar-refractivity contribution in [1.82, 2.24) is 0 Å². The summed E-state index contributed by atoms with van der Waals surface area (Å²) < 4.78 is 6.55. The van der Waals surface area contributed by atoms with Crippen molar-refractivity contribution in [2.45, 2.75) is 91.1 Å². The minimum absolute atomic E-state index is 0.374. The van der Waals surface area contributed by atoms with Gasteiger partial charge in [0.1, 0.15) is 5.75 Å². The number of rotatable bonds is 3. The maximum Gasteiger partial charge on any atom is 0.119 e. The van der Waals surface area contributed by atoms with Crippen LogP contribution in [-0.2, 0) is 0 Å². The van der Waals surface area contributed by atoms with Gasteiger partial charge in [-0.1, -0.05) is 45.2 Å². The Balaban J connectivity index is 1.40. The van der Waals surface area contributed by atoms with Crippen LogP contribution in [0.15, 0.2) is 24.3 Å². The lowest BCUT2D eigenvalue weighted by atomic mass is 9.44. The summed E-state index contributed by atoms with van der Waals surface area (Å²) in [6.07, 6.45) is 14.7. The molecule has 4 saturated carbocycles. The molecule has 0 spiro atoms. The summed E-state index contributed by atoms with van der Waals surface area (Å²) in [4.78, 5) is 0. The average Bonchev–Trinajstić information content (AvgIpc) is 3.09. The maximum absolute atomic E-state index is 6.55. The van der Waals surface area contributed by atoms with Crippen molar-refractivity contribution in [3.63, 3.8) is 0 Å². The van der Waals surface area contributed by atoms with Crippen LogP contribution in [0.4, 0.5) is 0 Å². The summed E-state index contributed by atoms with van der Waals surface area (Å²) >= 11 is 6.08. The maximum atomic E-state index is 6.55. The number of halogens is 1. The molecule has 1 aromatic carbocycles. The van der Waals surface area contributed by atoms with E-state index in [1.165, 1.54) is 64.2 Å². The SMILES string of the molecule is CC(C)[C@]12CC[C@H]3[C@@H](CC[C@H]4CCCC[C@@]43C)[C@@H]1C[C@H](Oc1ccc(Cl)cc1)C2. The molecule has 0 radical (unpaired) electrons. The number of benzene rings is 1. The summed E-state index contributed by atoms with van der Waals surface area (Å²) in [6, 6.07) is 8.00. The molecule has 4 aliphatic carbocycles. The van der Waals surface area contributed by atoms with Crippen LogP contribution >= 0.6 is 11.6 Å². The van der Waals surface area contributed by atoms with Crippen molar-refractivity contribution in [3.8, 4) is 5.75 Å². The highest BCUT2D eigenvalue weighted by Crippen LogP contribution is 2.68. The largest absolute Gasteiger partial charge is 0.490 e. The standard InChI is InChI=1S/C27H39ClO/c1-18(2)27-15-13-24-23(12-7-19-6-4-5-14-26(19,24)3)25(27)16-22(17-27)29-21-10-8-20(28)9-11-21/h8-11,18-19,22-25H,4-7,12-17H2,1-3H3/t19-,22+,23-,24+,25+,26+,27-/m1/s1. The fraction of sp³-hybridized carbons (Fsp3) is 0.778. The van der Waals surface area contributed by atoms with Gasteiger partial charge in [0.05, 0.1) is 6.10 Å². The van der Waals surface area contributed by atoms with E-state index in [0.717, 1.165) is 40.4 Å². The molecule has 0 unspecified atom stereocenters. The van der Waals surface area contributed by atoms with Gasteiger partial charge in [0.2, 0.25) is 0 Å². The molecule has 5 rings (SSSR count). The summed E-state index contributed by atoms with van der Waals surface area (Å²) in [5.74, 6) is 5.52. The Morgan fingerprint density at radius 3 is 2.52 bits per heavy atom. The van der Waals surface area contributed by atoms with Gasteiger partial charge in [-0.05, 0) is 116 Å². The first-order valence-electron chi connectivity index (χ1n) is 12.3. The average molecular weight is 415 g/mol. The third kappa shape index (κ3) is 3.26. The van der Waals surface area contributed by atoms with E-state index in [-0.39, 0.29) is 0 Å². The van der Waals surface area contributed by atoms with Gasteiger partial charge in [-0.15, -0.1) is 0 Å². The van der Waals surface area contributed by atoms with Crippen LogP contribution in [0.5, 0.6) is 5.75 Å². The zero-order valence-corrected chi connectivity index (χ0v) is 19.4. The van der Waals surface area contributed by atoms with Crippen molar-refractivity contribution >= 4 is 11.6 Å². The fourth-order valence-corrected chi connectivity index (χ4v) is 8.87. The van der Waals surface area contributed by atoms with Gasteiger partial charge in [0.25, 0.3) is 0 Å². The van der Waals surface area contributed by atoms with Crippen molar-refractivity contribution < 1.29 is 4.74 Å². The van der Waals surface area contributed by atoms with Crippen LogP contribution in [-0.4, -0.2) is 6.10 Å². The lowest BCUT2D eigenvalue weighted by molar-refractivity contribution is -0.118. The normalized spacial score (nSPS) is 44.1. The Hall–Kier alpha value is -0.690. The first-order chi connectivity index (χ1) is 13.9. The number of ether oxygens (including phenoxy) is 1. The van der Waals surface area contributed by atoms with E-state index in [4.69, 9.17) is 16.3 Å². The molecule has 4 fully saturated rings. The Kier molecular flexibility index (Phi) is 5.21. The lowest BCUT2D eigenvalue weighted by Gasteiger charge is -2.61. The first kappa shape index (κ1) is 20.2. The molecular weight excluding hydrogens is 376 g/mol. The Bertz CT molecular complexity index is 727. The molecule has 0 saturated heterocycles. The first-order valence-corrected chi connectivity index (χ1v) is 12.7. The van der Waals surface area contributed by atoms with Gasteiger partial charge in [-0.2, -0.15) is 0 Å². The molecule has 1 nitrogen and oxygen atoms in total. The van der Waals surface area contributed by atoms with Crippen LogP contribution in [0, 0.1) is 40.4 Å². The Morgan fingerprint density at radius 2 is 1.76 bits per heavy atom. The van der Waals surface area contributed by atoms with E-state index in [1.807, 2.05) is 24.3 Å². The van der Waals surface area contributed by atoms with Gasteiger partial charge >= 0.3 is 0 Å². The minimum atomic E-state index is 0.374. The number of hydrogen-bond donors (Lipinski definition) is 0. The highest BCUT2D eigenvalue weighted by Gasteiger charge is 2.61. The topological polar surface area (TPSA) is 9.23 Å². The van der Waals surface area contributed by atoms with Crippen LogP contribution in [0.25, 0.3) is 0 Å². The van der Waals surface area contributed by atoms with Crippen molar-refractivity contribution in [1.29, 1.82) is 0 Å². The van der Waals surface area contributed by atoms with Crippen molar-refractivity contribution in [3.05, 3.63) is 29.3 Å². The molecule has 160 valence electrons. The fourth-order valence-electron chi connectivity index (χ4n) is 8.74. The number of fused-ring (bicyclic) bond motifs is 5. The van der Waals surface area contributed by atoms with Crippen LogP contribution in [0.2, 0.25) is 5.02 Å². The van der Waals surface area contributed by atoms with E-state index >= 15 is 0 Å². The highest BCUT2D eigenvalue weighted by molar-refractivity contribution is 6.30. The van der Waals surface area contributed by atoms with Gasteiger partial charge in [0.15, 0.2) is 0 Å². The second kappa shape index (κ2) is 7.47. The highest BCUT2D eigenvalue weighted by atomic mass is 35.5. The smallest absolute Gasteiger partial charge is 0.119 e. The molecule has 0 aromatic heterocycles. The lowest BCUT2D eigenvalue weighted by Crippen LogP contribution is -2.53. The van der Waals surface area contributed by atoms with Crippen LogP contribution in [0.3, 0.4) is 0 Å². The summed E-state index contributed by atoms with van der Waals surface area (Å²) in [6.45, 7) is 7.67. The summed E-state index contributed by atoms with van der Waals surface area (Å²) in [7, 11) is 0. The summed E-state index contributed by atoms with van der Waals surface area (Å²) in [5.41, 5.74) is 1.12. The minimum Gasteiger partial charge on any atom is -0.490 e. The molecule has 1 aromatic rings. The monoisotopic (exact) mass is 414 g/mol. The Morgan fingerprint density at radius 1 is 0.966 bits per heavy atom. The quantitative estimate of drug-likeness (QED) is 0.484. The molecular formula is C27H39ClO. The third-order valence-electron chi connectivity index (χ3n) is 10.2. The zero-order chi connectivity index (χ0) is 20.2. The Labute approximate surface area is 182 Å². The second-order valence-electron chi connectivity index (χ2n) is 11.5. The van der Waals surface area contributed by atoms with Gasteiger partial charge in [-0.25, -0.2) is 0 Å². The third-order valence-corrected chi connectivity index (χ3v) is 10.5. The van der Waals surface area contributed by atoms with Crippen LogP contribution < -0.4 is 4.74 Å².